The highest BCUT2D eigenvalue weighted by Crippen LogP contribution is 2.42. The standard InChI is InChI=1S/C46H38N8O5/c55-40-17-16-39(44(56)48-40)54-45(57)35-13-15-38(41(42(35)46(54)58)28-4-2-1-3-5-28)52-24-22-51(23-25-52)32-8-10-33(11-9-32)53-27-36(43(49-53)29-18-20-47-21-19-29)31-6-12-34-30(26-31)7-14-37(34)50-59/h1-6,8-13,15,18-21,26-27,39,59H,7,14,16-17,22-25H2,(H,48,55,56). The fourth-order valence-electron chi connectivity index (χ4n) is 8.91. The summed E-state index contributed by atoms with van der Waals surface area (Å²) in [5, 5.41) is 20.3. The SMILES string of the molecule is O=C1CCC(N2C(=O)c3ccc(N4CCN(c5ccc(-n6cc(-c7ccc8c(c7)CCC8=NO)c(-c7ccncc7)n6)cc5)CC4)c(-c4ccccc4)c3C2=O)C(=O)N1. The Labute approximate surface area is 339 Å². The van der Waals surface area contributed by atoms with Crippen molar-refractivity contribution in [1.29, 1.82) is 0 Å². The third-order valence-electron chi connectivity index (χ3n) is 11.9. The summed E-state index contributed by atoms with van der Waals surface area (Å²) in [6.45, 7) is 2.78. The molecule has 59 heavy (non-hydrogen) atoms. The molecule has 6 aromatic rings. The lowest BCUT2D eigenvalue weighted by Gasteiger charge is -2.38. The molecule has 1 aliphatic carbocycles. The third kappa shape index (κ3) is 6.22. The number of hydrogen-bond donors (Lipinski definition) is 2. The van der Waals surface area contributed by atoms with Crippen LogP contribution in [-0.2, 0) is 16.0 Å². The molecule has 4 aliphatic rings. The molecular formula is C46H38N8O5. The van der Waals surface area contributed by atoms with Gasteiger partial charge in [0.25, 0.3) is 11.8 Å². The topological polar surface area (TPSA) is 153 Å². The van der Waals surface area contributed by atoms with E-state index in [-0.39, 0.29) is 24.0 Å². The zero-order chi connectivity index (χ0) is 40.2. The number of aromatic nitrogens is 3. The molecule has 1 unspecified atom stereocenters. The van der Waals surface area contributed by atoms with Gasteiger partial charge in [-0.3, -0.25) is 34.4 Å². The summed E-state index contributed by atoms with van der Waals surface area (Å²) in [4.78, 5) is 62.4. The van der Waals surface area contributed by atoms with Crippen molar-refractivity contribution in [1.82, 2.24) is 25.0 Å². The van der Waals surface area contributed by atoms with E-state index in [0.717, 1.165) is 80.5 Å². The van der Waals surface area contributed by atoms with Gasteiger partial charge in [0.2, 0.25) is 11.8 Å². The van der Waals surface area contributed by atoms with Gasteiger partial charge in [-0.2, -0.15) is 5.10 Å². The molecule has 13 nitrogen and oxygen atoms in total. The molecule has 5 heterocycles. The normalized spacial score (nSPS) is 18.4. The van der Waals surface area contributed by atoms with Gasteiger partial charge in [0.05, 0.1) is 22.5 Å². The first kappa shape index (κ1) is 36.0. The number of benzene rings is 4. The van der Waals surface area contributed by atoms with E-state index in [1.165, 1.54) is 0 Å². The van der Waals surface area contributed by atoms with Crippen molar-refractivity contribution >= 4 is 40.7 Å². The highest BCUT2D eigenvalue weighted by molar-refractivity contribution is 6.26. The van der Waals surface area contributed by atoms with Crippen LogP contribution in [0.5, 0.6) is 0 Å². The van der Waals surface area contributed by atoms with E-state index in [0.29, 0.717) is 30.8 Å². The average Bonchev–Trinajstić information content (AvgIpc) is 3.98. The second kappa shape index (κ2) is 14.5. The predicted octanol–water partition coefficient (Wildman–Crippen LogP) is 6.12. The lowest BCUT2D eigenvalue weighted by molar-refractivity contribution is -0.136. The van der Waals surface area contributed by atoms with Gasteiger partial charge in [-0.25, -0.2) is 4.68 Å². The fourth-order valence-corrected chi connectivity index (χ4v) is 8.91. The number of carbonyl (C=O) groups excluding carboxylic acids is 4. The number of nitrogens with one attached hydrogen (secondary N) is 1. The number of amides is 4. The van der Waals surface area contributed by atoms with Crippen LogP contribution in [0.15, 0.2) is 121 Å². The van der Waals surface area contributed by atoms with Crippen LogP contribution in [0, 0.1) is 0 Å². The highest BCUT2D eigenvalue weighted by Gasteiger charge is 2.46. The van der Waals surface area contributed by atoms with Crippen molar-refractivity contribution in [3.63, 3.8) is 0 Å². The molecule has 4 aromatic carbocycles. The summed E-state index contributed by atoms with van der Waals surface area (Å²) < 4.78 is 1.91. The molecule has 292 valence electrons. The molecule has 0 spiro atoms. The summed E-state index contributed by atoms with van der Waals surface area (Å²) in [5.74, 6) is -2.08. The van der Waals surface area contributed by atoms with Crippen LogP contribution >= 0.6 is 0 Å². The molecule has 0 bridgehead atoms. The molecule has 2 fully saturated rings. The zero-order valence-corrected chi connectivity index (χ0v) is 31.9. The maximum Gasteiger partial charge on any atom is 0.263 e. The Hall–Kier alpha value is -7.41. The van der Waals surface area contributed by atoms with Crippen molar-refractivity contribution in [2.24, 2.45) is 5.16 Å². The molecule has 2 saturated heterocycles. The number of nitrogens with zero attached hydrogens (tertiary/aromatic N) is 7. The summed E-state index contributed by atoms with van der Waals surface area (Å²) in [7, 11) is 0. The van der Waals surface area contributed by atoms with E-state index < -0.39 is 29.7 Å². The van der Waals surface area contributed by atoms with Crippen LogP contribution in [0.4, 0.5) is 11.4 Å². The highest BCUT2D eigenvalue weighted by atomic mass is 16.4. The minimum Gasteiger partial charge on any atom is -0.411 e. The van der Waals surface area contributed by atoms with E-state index in [9.17, 15) is 24.4 Å². The van der Waals surface area contributed by atoms with Crippen molar-refractivity contribution in [2.45, 2.75) is 31.7 Å². The lowest BCUT2D eigenvalue weighted by atomic mass is 9.93. The first-order valence-electron chi connectivity index (χ1n) is 19.8. The summed E-state index contributed by atoms with van der Waals surface area (Å²) in [6, 6.07) is 30.7. The Morgan fingerprint density at radius 3 is 2.14 bits per heavy atom. The smallest absolute Gasteiger partial charge is 0.263 e. The number of piperidine rings is 1. The number of hydrogen-bond acceptors (Lipinski definition) is 10. The number of imide groups is 2. The minimum atomic E-state index is -1.04. The first-order valence-corrected chi connectivity index (χ1v) is 19.8. The molecule has 3 aliphatic heterocycles. The van der Waals surface area contributed by atoms with E-state index in [4.69, 9.17) is 5.10 Å². The molecular weight excluding hydrogens is 745 g/mol. The molecule has 1 atom stereocenters. The van der Waals surface area contributed by atoms with E-state index in [2.05, 4.69) is 67.9 Å². The van der Waals surface area contributed by atoms with Crippen LogP contribution in [-0.4, -0.2) is 86.4 Å². The van der Waals surface area contributed by atoms with Gasteiger partial charge in [0.15, 0.2) is 0 Å². The monoisotopic (exact) mass is 782 g/mol. The average molecular weight is 783 g/mol. The zero-order valence-electron chi connectivity index (χ0n) is 31.9. The Balaban J connectivity index is 0.903. The van der Waals surface area contributed by atoms with Crippen LogP contribution in [0.3, 0.4) is 0 Å². The molecule has 2 aromatic heterocycles. The maximum atomic E-state index is 14.1. The number of fused-ring (bicyclic) bond motifs is 2. The number of anilines is 2. The molecule has 10 rings (SSSR count). The second-order valence-corrected chi connectivity index (χ2v) is 15.2. The third-order valence-corrected chi connectivity index (χ3v) is 11.9. The van der Waals surface area contributed by atoms with E-state index in [1.54, 1.807) is 18.5 Å². The summed E-state index contributed by atoms with van der Waals surface area (Å²) in [6.07, 6.45) is 7.29. The van der Waals surface area contributed by atoms with Crippen molar-refractivity contribution in [3.05, 3.63) is 138 Å². The van der Waals surface area contributed by atoms with Crippen molar-refractivity contribution in [2.75, 3.05) is 36.0 Å². The Morgan fingerprint density at radius 2 is 1.39 bits per heavy atom. The van der Waals surface area contributed by atoms with Crippen LogP contribution < -0.4 is 15.1 Å². The van der Waals surface area contributed by atoms with Gasteiger partial charge >= 0.3 is 0 Å². The molecule has 0 radical (unpaired) electrons. The van der Waals surface area contributed by atoms with E-state index in [1.807, 2.05) is 59.3 Å². The van der Waals surface area contributed by atoms with Crippen LogP contribution in [0.2, 0.25) is 0 Å². The number of pyridine rings is 1. The van der Waals surface area contributed by atoms with Gasteiger partial charge < -0.3 is 15.0 Å². The number of piperazine rings is 1. The van der Waals surface area contributed by atoms with Gasteiger partial charge in [0, 0.05) is 84.8 Å². The number of aryl methyl sites for hydroxylation is 1. The van der Waals surface area contributed by atoms with Gasteiger partial charge in [0.1, 0.15) is 11.7 Å². The lowest BCUT2D eigenvalue weighted by Crippen LogP contribution is -2.54. The fraction of sp³-hybridized carbons (Fsp3) is 0.196. The summed E-state index contributed by atoms with van der Waals surface area (Å²) in [5.41, 5.74) is 11.6. The second-order valence-electron chi connectivity index (χ2n) is 15.2. The molecule has 4 amide bonds. The van der Waals surface area contributed by atoms with Crippen LogP contribution in [0.1, 0.15) is 51.1 Å². The quantitative estimate of drug-likeness (QED) is 0.111. The minimum absolute atomic E-state index is 0.0607. The number of carbonyl (C=O) groups is 4. The number of rotatable bonds is 7. The Morgan fingerprint density at radius 1 is 0.661 bits per heavy atom. The van der Waals surface area contributed by atoms with Crippen LogP contribution in [0.25, 0.3) is 39.2 Å². The summed E-state index contributed by atoms with van der Waals surface area (Å²) >= 11 is 0. The van der Waals surface area contributed by atoms with Gasteiger partial charge in [-0.15, -0.1) is 0 Å². The predicted molar refractivity (Wildman–Crippen MR) is 222 cm³/mol. The first-order chi connectivity index (χ1) is 28.9. The van der Waals surface area contributed by atoms with Gasteiger partial charge in [-0.1, -0.05) is 53.7 Å². The molecule has 0 saturated carbocycles. The van der Waals surface area contributed by atoms with Crippen molar-refractivity contribution < 1.29 is 24.4 Å². The Bertz CT molecular complexity index is 2700. The molecule has 13 heteroatoms. The van der Waals surface area contributed by atoms with Gasteiger partial charge in [-0.05, 0) is 84.5 Å². The largest absolute Gasteiger partial charge is 0.411 e. The number of oxime groups is 1. The maximum absolute atomic E-state index is 14.1. The van der Waals surface area contributed by atoms with E-state index >= 15 is 0 Å². The Kier molecular flexibility index (Phi) is 8.85. The van der Waals surface area contributed by atoms with Crippen molar-refractivity contribution in [3.8, 4) is 39.2 Å². The molecule has 2 N–H and O–H groups in total.